The highest BCUT2D eigenvalue weighted by Gasteiger charge is 2.04. The fraction of sp³-hybridized carbons (Fsp3) is 0.111. The van der Waals surface area contributed by atoms with E-state index in [1.165, 1.54) is 6.21 Å². The van der Waals surface area contributed by atoms with Crippen LogP contribution in [0.3, 0.4) is 0 Å². The molecular formula is C18H16Cl2N2O2. The molecule has 0 aromatic heterocycles. The zero-order valence-corrected chi connectivity index (χ0v) is 14.5. The number of rotatable bonds is 6. The number of nitrogens with zero attached hydrogens (tertiary/aromatic N) is 1. The van der Waals surface area contributed by atoms with Gasteiger partial charge in [-0.25, -0.2) is 5.43 Å². The van der Waals surface area contributed by atoms with Crippen LogP contribution in [0.25, 0.3) is 6.08 Å². The van der Waals surface area contributed by atoms with Gasteiger partial charge in [0.15, 0.2) is 6.61 Å². The zero-order valence-electron chi connectivity index (χ0n) is 13.0. The van der Waals surface area contributed by atoms with Gasteiger partial charge in [-0.05, 0) is 48.4 Å². The molecule has 2 aromatic carbocycles. The van der Waals surface area contributed by atoms with E-state index >= 15 is 0 Å². The molecule has 6 heteroatoms. The molecule has 24 heavy (non-hydrogen) atoms. The van der Waals surface area contributed by atoms with Crippen molar-refractivity contribution in [2.75, 3.05) is 6.61 Å². The van der Waals surface area contributed by atoms with E-state index in [4.69, 9.17) is 27.9 Å². The fourth-order valence-corrected chi connectivity index (χ4v) is 2.28. The van der Waals surface area contributed by atoms with Gasteiger partial charge >= 0.3 is 0 Å². The standard InChI is InChI=1S/C18H16Cl2N2O2/c1-13-11-15(19)8-9-17(13)24-12-18(23)22-21-10-4-6-14-5-2-3-7-16(14)20/h2-11H,12H2,1H3,(H,22,23)/b6-4+,21-10-. The van der Waals surface area contributed by atoms with Gasteiger partial charge in [-0.1, -0.05) is 47.5 Å². The van der Waals surface area contributed by atoms with Crippen LogP contribution in [0, 0.1) is 6.92 Å². The molecule has 0 radical (unpaired) electrons. The lowest BCUT2D eigenvalue weighted by Crippen LogP contribution is -2.24. The van der Waals surface area contributed by atoms with Gasteiger partial charge in [-0.2, -0.15) is 5.10 Å². The highest BCUT2D eigenvalue weighted by Crippen LogP contribution is 2.21. The third-order valence-electron chi connectivity index (χ3n) is 3.03. The predicted molar refractivity (Wildman–Crippen MR) is 98.8 cm³/mol. The maximum absolute atomic E-state index is 11.7. The number of hydrogen-bond donors (Lipinski definition) is 1. The van der Waals surface area contributed by atoms with Crippen molar-refractivity contribution in [2.45, 2.75) is 6.92 Å². The van der Waals surface area contributed by atoms with Crippen LogP contribution in [0.2, 0.25) is 10.0 Å². The molecule has 124 valence electrons. The van der Waals surface area contributed by atoms with Crippen molar-refractivity contribution in [3.05, 3.63) is 69.7 Å². The third-order valence-corrected chi connectivity index (χ3v) is 3.61. The number of carbonyl (C=O) groups is 1. The van der Waals surface area contributed by atoms with Crippen molar-refractivity contribution in [2.24, 2.45) is 5.10 Å². The minimum Gasteiger partial charge on any atom is -0.483 e. The molecule has 1 amide bonds. The number of benzene rings is 2. The zero-order chi connectivity index (χ0) is 17.4. The van der Waals surface area contributed by atoms with E-state index in [1.54, 1.807) is 36.4 Å². The summed E-state index contributed by atoms with van der Waals surface area (Å²) in [5.41, 5.74) is 4.12. The second-order valence-electron chi connectivity index (χ2n) is 4.89. The minimum absolute atomic E-state index is 0.131. The summed E-state index contributed by atoms with van der Waals surface area (Å²) in [4.78, 5) is 11.7. The maximum atomic E-state index is 11.7. The Hall–Kier alpha value is -2.30. The second kappa shape index (κ2) is 9.11. The predicted octanol–water partition coefficient (Wildman–Crippen LogP) is 4.50. The molecule has 0 heterocycles. The van der Waals surface area contributed by atoms with Gasteiger partial charge in [0, 0.05) is 16.3 Å². The summed E-state index contributed by atoms with van der Waals surface area (Å²) < 4.78 is 5.42. The molecule has 0 saturated heterocycles. The number of nitrogens with one attached hydrogen (secondary N) is 1. The molecule has 1 N–H and O–H groups in total. The molecule has 0 spiro atoms. The van der Waals surface area contributed by atoms with E-state index in [2.05, 4.69) is 10.5 Å². The lowest BCUT2D eigenvalue weighted by Gasteiger charge is -2.08. The van der Waals surface area contributed by atoms with Gasteiger partial charge in [-0.15, -0.1) is 0 Å². The van der Waals surface area contributed by atoms with E-state index in [0.29, 0.717) is 15.8 Å². The first kappa shape index (κ1) is 18.0. The molecule has 0 atom stereocenters. The molecule has 0 saturated carbocycles. The summed E-state index contributed by atoms with van der Waals surface area (Å²) in [6.45, 7) is 1.73. The molecule has 0 aliphatic rings. The van der Waals surface area contributed by atoms with E-state index in [0.717, 1.165) is 11.1 Å². The minimum atomic E-state index is -0.355. The van der Waals surface area contributed by atoms with Gasteiger partial charge in [0.1, 0.15) is 5.75 Å². The summed E-state index contributed by atoms with van der Waals surface area (Å²) in [6, 6.07) is 12.6. The van der Waals surface area contributed by atoms with Crippen molar-refractivity contribution in [3.8, 4) is 5.75 Å². The van der Waals surface area contributed by atoms with E-state index in [1.807, 2.05) is 25.1 Å². The molecule has 0 aliphatic carbocycles. The largest absolute Gasteiger partial charge is 0.483 e. The molecule has 0 unspecified atom stereocenters. The van der Waals surface area contributed by atoms with Crippen LogP contribution in [-0.2, 0) is 4.79 Å². The molecule has 0 aliphatic heterocycles. The summed E-state index contributed by atoms with van der Waals surface area (Å²) in [7, 11) is 0. The Morgan fingerprint density at radius 2 is 2.04 bits per heavy atom. The maximum Gasteiger partial charge on any atom is 0.277 e. The van der Waals surface area contributed by atoms with Crippen LogP contribution in [0.1, 0.15) is 11.1 Å². The lowest BCUT2D eigenvalue weighted by molar-refractivity contribution is -0.123. The van der Waals surface area contributed by atoms with E-state index < -0.39 is 0 Å². The fourth-order valence-electron chi connectivity index (χ4n) is 1.86. The van der Waals surface area contributed by atoms with Crippen molar-refractivity contribution in [1.82, 2.24) is 5.43 Å². The van der Waals surface area contributed by atoms with Gasteiger partial charge in [0.2, 0.25) is 0 Å². The van der Waals surface area contributed by atoms with Gasteiger partial charge in [0.25, 0.3) is 5.91 Å². The van der Waals surface area contributed by atoms with Gasteiger partial charge < -0.3 is 4.74 Å². The van der Waals surface area contributed by atoms with Gasteiger partial charge in [-0.3, -0.25) is 4.79 Å². The highest BCUT2D eigenvalue weighted by atomic mass is 35.5. The molecule has 4 nitrogen and oxygen atoms in total. The molecule has 2 aromatic rings. The van der Waals surface area contributed by atoms with Crippen LogP contribution in [-0.4, -0.2) is 18.7 Å². The molecule has 0 fully saturated rings. The first-order valence-electron chi connectivity index (χ1n) is 7.18. The quantitative estimate of drug-likeness (QED) is 0.607. The van der Waals surface area contributed by atoms with Gasteiger partial charge in [0.05, 0.1) is 0 Å². The monoisotopic (exact) mass is 362 g/mol. The number of carbonyl (C=O) groups excluding carboxylic acids is 1. The van der Waals surface area contributed by atoms with Crippen LogP contribution in [0.4, 0.5) is 0 Å². The van der Waals surface area contributed by atoms with Crippen LogP contribution >= 0.6 is 23.2 Å². The number of ether oxygens (including phenoxy) is 1. The molecular weight excluding hydrogens is 347 g/mol. The van der Waals surface area contributed by atoms with Crippen molar-refractivity contribution < 1.29 is 9.53 Å². The number of halogens is 2. The Bertz CT molecular complexity index is 773. The molecule has 2 rings (SSSR count). The topological polar surface area (TPSA) is 50.7 Å². The molecule has 0 bridgehead atoms. The number of amides is 1. The summed E-state index contributed by atoms with van der Waals surface area (Å²) in [5, 5.41) is 5.08. The van der Waals surface area contributed by atoms with Crippen molar-refractivity contribution in [1.29, 1.82) is 0 Å². The summed E-state index contributed by atoms with van der Waals surface area (Å²) in [5.74, 6) is 0.254. The second-order valence-corrected chi connectivity index (χ2v) is 5.74. The van der Waals surface area contributed by atoms with Crippen molar-refractivity contribution in [3.63, 3.8) is 0 Å². The Labute approximate surface area is 150 Å². The Morgan fingerprint density at radius 1 is 1.25 bits per heavy atom. The van der Waals surface area contributed by atoms with Crippen LogP contribution in [0.5, 0.6) is 5.75 Å². The third kappa shape index (κ3) is 5.72. The number of aryl methyl sites for hydroxylation is 1. The highest BCUT2D eigenvalue weighted by molar-refractivity contribution is 6.32. The SMILES string of the molecule is Cc1cc(Cl)ccc1OCC(=O)N/N=C\C=C\c1ccccc1Cl. The summed E-state index contributed by atoms with van der Waals surface area (Å²) in [6.07, 6.45) is 4.95. The van der Waals surface area contributed by atoms with Crippen LogP contribution < -0.4 is 10.2 Å². The normalized spacial score (nSPS) is 11.1. The first-order valence-corrected chi connectivity index (χ1v) is 7.94. The number of hydrazone groups is 1. The average molecular weight is 363 g/mol. The lowest BCUT2D eigenvalue weighted by atomic mass is 10.2. The van der Waals surface area contributed by atoms with E-state index in [9.17, 15) is 4.79 Å². The van der Waals surface area contributed by atoms with E-state index in [-0.39, 0.29) is 12.5 Å². The van der Waals surface area contributed by atoms with Crippen molar-refractivity contribution >= 4 is 41.4 Å². The first-order chi connectivity index (χ1) is 11.6. The summed E-state index contributed by atoms with van der Waals surface area (Å²) >= 11 is 11.9. The Morgan fingerprint density at radius 3 is 2.79 bits per heavy atom. The average Bonchev–Trinajstić information content (AvgIpc) is 2.55. The number of hydrogen-bond acceptors (Lipinski definition) is 3. The smallest absolute Gasteiger partial charge is 0.277 e. The van der Waals surface area contributed by atoms with Crippen LogP contribution in [0.15, 0.2) is 53.6 Å². The Kier molecular flexibility index (Phi) is 6.85. The number of allylic oxidation sites excluding steroid dienone is 1. The Balaban J connectivity index is 1.77.